The Bertz CT molecular complexity index is 620. The van der Waals surface area contributed by atoms with Crippen LogP contribution in [0, 0.1) is 0 Å². The fourth-order valence-corrected chi connectivity index (χ4v) is 2.54. The zero-order valence-electron chi connectivity index (χ0n) is 12.2. The molecular weight excluding hydrogens is 282 g/mol. The van der Waals surface area contributed by atoms with E-state index in [4.69, 9.17) is 10.5 Å². The molecule has 116 valence electrons. The fourth-order valence-electron chi connectivity index (χ4n) is 2.54. The second kappa shape index (κ2) is 6.57. The minimum atomic E-state index is -0.0603. The lowest BCUT2D eigenvalue weighted by molar-refractivity contribution is -0.000597. The molecule has 1 amide bonds. The Morgan fingerprint density at radius 3 is 2.91 bits per heavy atom. The maximum atomic E-state index is 12.2. The van der Waals surface area contributed by atoms with Crippen LogP contribution in [-0.2, 0) is 11.3 Å². The molecule has 7 heteroatoms. The van der Waals surface area contributed by atoms with Gasteiger partial charge in [-0.3, -0.25) is 14.9 Å². The van der Waals surface area contributed by atoms with Crippen LogP contribution in [0.15, 0.2) is 30.6 Å². The van der Waals surface area contributed by atoms with Crippen molar-refractivity contribution in [3.05, 3.63) is 41.9 Å². The number of nitrogen functional groups attached to an aromatic ring is 1. The van der Waals surface area contributed by atoms with Crippen LogP contribution in [0.2, 0.25) is 0 Å². The number of piperidine rings is 1. The number of likely N-dealkylation sites (tertiary alicyclic amines) is 1. The van der Waals surface area contributed by atoms with Crippen molar-refractivity contribution in [3.63, 3.8) is 0 Å². The van der Waals surface area contributed by atoms with Crippen LogP contribution in [0.3, 0.4) is 0 Å². The first-order valence-electron chi connectivity index (χ1n) is 7.33. The molecule has 0 aliphatic carbocycles. The van der Waals surface area contributed by atoms with Crippen LogP contribution < -0.4 is 5.73 Å². The lowest BCUT2D eigenvalue weighted by Crippen LogP contribution is -2.41. The molecule has 0 bridgehead atoms. The van der Waals surface area contributed by atoms with Crippen LogP contribution in [-0.4, -0.2) is 45.2 Å². The summed E-state index contributed by atoms with van der Waals surface area (Å²) >= 11 is 0. The van der Waals surface area contributed by atoms with E-state index in [0.29, 0.717) is 31.2 Å². The highest BCUT2D eigenvalue weighted by Gasteiger charge is 2.25. The maximum Gasteiger partial charge on any atom is 0.271 e. The molecule has 0 spiro atoms. The lowest BCUT2D eigenvalue weighted by Gasteiger charge is -2.31. The number of nitrogens with zero attached hydrogens (tertiary/aromatic N) is 3. The minimum Gasteiger partial charge on any atom is -0.382 e. The van der Waals surface area contributed by atoms with Crippen LogP contribution in [0.1, 0.15) is 28.9 Å². The number of hydrogen-bond acceptors (Lipinski definition) is 5. The van der Waals surface area contributed by atoms with Crippen LogP contribution in [0.5, 0.6) is 0 Å². The third-order valence-electron chi connectivity index (χ3n) is 3.77. The zero-order chi connectivity index (χ0) is 15.4. The third kappa shape index (κ3) is 3.43. The molecule has 7 nitrogen and oxygen atoms in total. The highest BCUT2D eigenvalue weighted by molar-refractivity contribution is 5.93. The molecule has 0 atom stereocenters. The molecule has 1 fully saturated rings. The Balaban J connectivity index is 1.47. The van der Waals surface area contributed by atoms with Gasteiger partial charge in [0.05, 0.1) is 12.7 Å². The van der Waals surface area contributed by atoms with Crippen LogP contribution >= 0.6 is 0 Å². The van der Waals surface area contributed by atoms with Crippen molar-refractivity contribution in [2.45, 2.75) is 25.6 Å². The summed E-state index contributed by atoms with van der Waals surface area (Å²) in [4.78, 5) is 18.1. The lowest BCUT2D eigenvalue weighted by atomic mass is 10.1. The van der Waals surface area contributed by atoms with E-state index in [1.54, 1.807) is 23.4 Å². The highest BCUT2D eigenvalue weighted by atomic mass is 16.5. The molecule has 3 heterocycles. The summed E-state index contributed by atoms with van der Waals surface area (Å²) in [5.41, 5.74) is 7.03. The molecule has 1 aliphatic rings. The van der Waals surface area contributed by atoms with E-state index in [1.807, 2.05) is 12.1 Å². The number of aromatic amines is 1. The van der Waals surface area contributed by atoms with E-state index >= 15 is 0 Å². The summed E-state index contributed by atoms with van der Waals surface area (Å²) in [6.45, 7) is 1.91. The number of carbonyl (C=O) groups is 1. The van der Waals surface area contributed by atoms with Gasteiger partial charge in [-0.1, -0.05) is 6.07 Å². The van der Waals surface area contributed by atoms with Gasteiger partial charge in [-0.15, -0.1) is 0 Å². The number of aromatic nitrogens is 3. The first-order chi connectivity index (χ1) is 10.7. The smallest absolute Gasteiger partial charge is 0.271 e. The standard InChI is InChI=1S/C15H19N5O2/c16-14-8-13(18-19-14)15(21)20-6-3-12(4-7-20)22-10-11-2-1-5-17-9-11/h1-2,5,8-9,12H,3-4,6-7,10H2,(H3,16,18,19). The van der Waals surface area contributed by atoms with Gasteiger partial charge in [0, 0.05) is 31.5 Å². The first-order valence-corrected chi connectivity index (χ1v) is 7.33. The van der Waals surface area contributed by atoms with Gasteiger partial charge in [-0.25, -0.2) is 0 Å². The van der Waals surface area contributed by atoms with Gasteiger partial charge in [-0.05, 0) is 24.5 Å². The topological polar surface area (TPSA) is 97.1 Å². The average Bonchev–Trinajstić information content (AvgIpc) is 3.00. The van der Waals surface area contributed by atoms with Gasteiger partial charge in [0.15, 0.2) is 0 Å². The van der Waals surface area contributed by atoms with Gasteiger partial charge in [0.2, 0.25) is 0 Å². The first kappa shape index (κ1) is 14.5. The van der Waals surface area contributed by atoms with Crippen molar-refractivity contribution < 1.29 is 9.53 Å². The van der Waals surface area contributed by atoms with Crippen molar-refractivity contribution in [2.75, 3.05) is 18.8 Å². The molecule has 3 rings (SSSR count). The quantitative estimate of drug-likeness (QED) is 0.884. The predicted molar refractivity (Wildman–Crippen MR) is 81.0 cm³/mol. The van der Waals surface area contributed by atoms with Crippen molar-refractivity contribution in [1.29, 1.82) is 0 Å². The van der Waals surface area contributed by atoms with Crippen LogP contribution in [0.25, 0.3) is 0 Å². The second-order valence-electron chi connectivity index (χ2n) is 5.37. The second-order valence-corrected chi connectivity index (χ2v) is 5.37. The number of hydrogen-bond donors (Lipinski definition) is 2. The minimum absolute atomic E-state index is 0.0603. The summed E-state index contributed by atoms with van der Waals surface area (Å²) in [7, 11) is 0. The number of anilines is 1. The maximum absolute atomic E-state index is 12.2. The van der Waals surface area contributed by atoms with E-state index < -0.39 is 0 Å². The van der Waals surface area contributed by atoms with Gasteiger partial charge in [0.25, 0.3) is 5.91 Å². The number of carbonyl (C=O) groups excluding carboxylic acids is 1. The fraction of sp³-hybridized carbons (Fsp3) is 0.400. The number of H-pyrrole nitrogens is 1. The summed E-state index contributed by atoms with van der Waals surface area (Å²) < 4.78 is 5.89. The molecular formula is C15H19N5O2. The van der Waals surface area contributed by atoms with Gasteiger partial charge in [0.1, 0.15) is 11.5 Å². The largest absolute Gasteiger partial charge is 0.382 e. The van der Waals surface area contributed by atoms with Crippen molar-refractivity contribution in [3.8, 4) is 0 Å². The van der Waals surface area contributed by atoms with E-state index in [2.05, 4.69) is 15.2 Å². The van der Waals surface area contributed by atoms with E-state index in [9.17, 15) is 4.79 Å². The Labute approximate surface area is 128 Å². The Kier molecular flexibility index (Phi) is 4.34. The summed E-state index contributed by atoms with van der Waals surface area (Å²) in [6, 6.07) is 5.46. The number of rotatable bonds is 4. The molecule has 2 aromatic rings. The SMILES string of the molecule is Nc1cc(C(=O)N2CCC(OCc3cccnc3)CC2)[nH]n1. The van der Waals surface area contributed by atoms with Gasteiger partial charge >= 0.3 is 0 Å². The highest BCUT2D eigenvalue weighted by Crippen LogP contribution is 2.17. The molecule has 2 aromatic heterocycles. The Morgan fingerprint density at radius 2 is 2.27 bits per heavy atom. The molecule has 0 saturated carbocycles. The molecule has 3 N–H and O–H groups in total. The van der Waals surface area contributed by atoms with Crippen molar-refractivity contribution >= 4 is 11.7 Å². The molecule has 0 unspecified atom stereocenters. The van der Waals surface area contributed by atoms with Gasteiger partial charge < -0.3 is 15.4 Å². The molecule has 22 heavy (non-hydrogen) atoms. The Morgan fingerprint density at radius 1 is 1.45 bits per heavy atom. The number of nitrogens with two attached hydrogens (primary N) is 1. The van der Waals surface area contributed by atoms with E-state index in [1.165, 1.54) is 0 Å². The summed E-state index contributed by atoms with van der Waals surface area (Å²) in [6.07, 6.45) is 5.39. The number of pyridine rings is 1. The van der Waals surface area contributed by atoms with Gasteiger partial charge in [-0.2, -0.15) is 5.10 Å². The van der Waals surface area contributed by atoms with E-state index in [0.717, 1.165) is 18.4 Å². The third-order valence-corrected chi connectivity index (χ3v) is 3.77. The number of amides is 1. The summed E-state index contributed by atoms with van der Waals surface area (Å²) in [5, 5.41) is 6.44. The van der Waals surface area contributed by atoms with E-state index in [-0.39, 0.29) is 12.0 Å². The average molecular weight is 301 g/mol. The number of ether oxygens (including phenoxy) is 1. The molecule has 0 radical (unpaired) electrons. The number of nitrogens with one attached hydrogen (secondary N) is 1. The molecule has 1 saturated heterocycles. The van der Waals surface area contributed by atoms with Crippen molar-refractivity contribution in [1.82, 2.24) is 20.1 Å². The zero-order valence-corrected chi connectivity index (χ0v) is 12.2. The Hall–Kier alpha value is -2.41. The summed E-state index contributed by atoms with van der Waals surface area (Å²) in [5.74, 6) is 0.271. The normalized spacial score (nSPS) is 15.9. The van der Waals surface area contributed by atoms with Crippen LogP contribution in [0.4, 0.5) is 5.82 Å². The monoisotopic (exact) mass is 301 g/mol. The molecule has 0 aromatic carbocycles. The molecule has 1 aliphatic heterocycles. The predicted octanol–water partition coefficient (Wildman–Crippen LogP) is 1.21. The van der Waals surface area contributed by atoms with Crippen molar-refractivity contribution in [2.24, 2.45) is 0 Å².